The number of methoxy groups -OCH3 is 1. The minimum Gasteiger partial charge on any atom is -0.497 e. The number of fused-ring (bicyclic) bond motifs is 1. The van der Waals surface area contributed by atoms with E-state index in [2.05, 4.69) is 0 Å². The van der Waals surface area contributed by atoms with Crippen LogP contribution in [-0.4, -0.2) is 31.5 Å². The zero-order valence-corrected chi connectivity index (χ0v) is 20.7. The van der Waals surface area contributed by atoms with E-state index in [0.717, 1.165) is 22.5 Å². The van der Waals surface area contributed by atoms with Gasteiger partial charge in [0.25, 0.3) is 5.91 Å². The standard InChI is InChI=1S/C28H29ClN2O3/c1-5-30(21-13-10-18(2)25(29)17-21)28(33)24-16-19(3)31(26-9-7-6-8-23(24)26)27(32)20-11-14-22(34-4)15-12-20/h6-15,17,19,24H,5,16H2,1-4H3. The molecule has 1 heterocycles. The fraction of sp³-hybridized carbons (Fsp3) is 0.286. The molecule has 6 heteroatoms. The number of carbonyl (C=O) groups excluding carboxylic acids is 2. The minimum atomic E-state index is -0.355. The summed E-state index contributed by atoms with van der Waals surface area (Å²) in [4.78, 5) is 30.9. The van der Waals surface area contributed by atoms with Gasteiger partial charge in [-0.05, 0) is 80.8 Å². The first-order chi connectivity index (χ1) is 16.3. The van der Waals surface area contributed by atoms with Crippen molar-refractivity contribution in [2.75, 3.05) is 23.5 Å². The summed E-state index contributed by atoms with van der Waals surface area (Å²) >= 11 is 6.35. The van der Waals surface area contributed by atoms with Crippen molar-refractivity contribution in [1.29, 1.82) is 0 Å². The lowest BCUT2D eigenvalue weighted by atomic mass is 9.84. The Labute approximate surface area is 205 Å². The van der Waals surface area contributed by atoms with Crippen LogP contribution in [0.2, 0.25) is 5.02 Å². The van der Waals surface area contributed by atoms with Crippen LogP contribution in [-0.2, 0) is 4.79 Å². The molecule has 1 aliphatic heterocycles. The average Bonchev–Trinajstić information content (AvgIpc) is 2.85. The monoisotopic (exact) mass is 476 g/mol. The molecule has 2 atom stereocenters. The molecule has 34 heavy (non-hydrogen) atoms. The number of ether oxygens (including phenoxy) is 1. The Balaban J connectivity index is 1.69. The highest BCUT2D eigenvalue weighted by Crippen LogP contribution is 2.41. The highest BCUT2D eigenvalue weighted by atomic mass is 35.5. The summed E-state index contributed by atoms with van der Waals surface area (Å²) in [7, 11) is 1.60. The topological polar surface area (TPSA) is 49.9 Å². The van der Waals surface area contributed by atoms with Gasteiger partial charge < -0.3 is 14.5 Å². The smallest absolute Gasteiger partial charge is 0.258 e. The summed E-state index contributed by atoms with van der Waals surface area (Å²) in [6.07, 6.45) is 0.536. The highest BCUT2D eigenvalue weighted by molar-refractivity contribution is 6.31. The third-order valence-electron chi connectivity index (χ3n) is 6.49. The molecule has 2 amide bonds. The summed E-state index contributed by atoms with van der Waals surface area (Å²) in [5.41, 5.74) is 3.97. The highest BCUT2D eigenvalue weighted by Gasteiger charge is 2.38. The van der Waals surface area contributed by atoms with E-state index >= 15 is 0 Å². The second kappa shape index (κ2) is 9.90. The van der Waals surface area contributed by atoms with Gasteiger partial charge in [0.2, 0.25) is 5.91 Å². The van der Waals surface area contributed by atoms with Crippen molar-refractivity contribution in [3.63, 3.8) is 0 Å². The Morgan fingerprint density at radius 3 is 2.44 bits per heavy atom. The molecule has 2 unspecified atom stereocenters. The SMILES string of the molecule is CCN(C(=O)C1CC(C)N(C(=O)c2ccc(OC)cc2)c2ccccc21)c1ccc(C)c(Cl)c1. The van der Waals surface area contributed by atoms with Crippen LogP contribution in [0.3, 0.4) is 0 Å². The van der Waals surface area contributed by atoms with Crippen LogP contribution < -0.4 is 14.5 Å². The molecular formula is C28H29ClN2O3. The predicted octanol–water partition coefficient (Wildman–Crippen LogP) is 6.23. The van der Waals surface area contributed by atoms with Crippen LogP contribution >= 0.6 is 11.6 Å². The number of likely N-dealkylation sites (N-methyl/N-ethyl adjacent to an activating group) is 1. The van der Waals surface area contributed by atoms with Gasteiger partial charge in [0.15, 0.2) is 0 Å². The Bertz CT molecular complexity index is 1210. The quantitative estimate of drug-likeness (QED) is 0.438. The van der Waals surface area contributed by atoms with Crippen molar-refractivity contribution in [2.45, 2.75) is 39.2 Å². The van der Waals surface area contributed by atoms with Gasteiger partial charge in [0.1, 0.15) is 5.75 Å². The van der Waals surface area contributed by atoms with Gasteiger partial charge in [-0.3, -0.25) is 9.59 Å². The maximum absolute atomic E-state index is 13.8. The lowest BCUT2D eigenvalue weighted by molar-refractivity contribution is -0.120. The average molecular weight is 477 g/mol. The van der Waals surface area contributed by atoms with Gasteiger partial charge in [0, 0.05) is 34.5 Å². The lowest BCUT2D eigenvalue weighted by Crippen LogP contribution is -2.46. The summed E-state index contributed by atoms with van der Waals surface area (Å²) in [5, 5.41) is 0.637. The number of amides is 2. The molecule has 3 aromatic carbocycles. The molecule has 0 bridgehead atoms. The van der Waals surface area contributed by atoms with Gasteiger partial charge in [-0.2, -0.15) is 0 Å². The number of aryl methyl sites for hydroxylation is 1. The van der Waals surface area contributed by atoms with E-state index in [1.807, 2.05) is 63.2 Å². The van der Waals surface area contributed by atoms with Crippen molar-refractivity contribution in [3.05, 3.63) is 88.4 Å². The van der Waals surface area contributed by atoms with Gasteiger partial charge in [-0.15, -0.1) is 0 Å². The van der Waals surface area contributed by atoms with Gasteiger partial charge in [0.05, 0.1) is 13.0 Å². The molecule has 0 fully saturated rings. The Kier molecular flexibility index (Phi) is 6.94. The van der Waals surface area contributed by atoms with Gasteiger partial charge in [-0.25, -0.2) is 0 Å². The molecule has 0 saturated carbocycles. The zero-order chi connectivity index (χ0) is 24.4. The van der Waals surface area contributed by atoms with E-state index in [4.69, 9.17) is 16.3 Å². The number of hydrogen-bond donors (Lipinski definition) is 0. The molecule has 0 radical (unpaired) electrons. The fourth-order valence-electron chi connectivity index (χ4n) is 4.63. The van der Waals surface area contributed by atoms with Gasteiger partial charge in [-0.1, -0.05) is 35.9 Å². The molecule has 0 aliphatic carbocycles. The number of halogens is 1. The Morgan fingerprint density at radius 1 is 1.09 bits per heavy atom. The molecule has 0 N–H and O–H groups in total. The third kappa shape index (κ3) is 4.40. The van der Waals surface area contributed by atoms with E-state index < -0.39 is 0 Å². The maximum atomic E-state index is 13.8. The first kappa shape index (κ1) is 23.8. The van der Waals surface area contributed by atoms with Crippen molar-refractivity contribution in [1.82, 2.24) is 0 Å². The molecule has 176 valence electrons. The molecular weight excluding hydrogens is 448 g/mol. The lowest BCUT2D eigenvalue weighted by Gasteiger charge is -2.40. The molecule has 0 saturated heterocycles. The number of benzene rings is 3. The summed E-state index contributed by atoms with van der Waals surface area (Å²) in [6, 6.07) is 20.4. The first-order valence-corrected chi connectivity index (χ1v) is 11.9. The van der Waals surface area contributed by atoms with Crippen LogP contribution in [0.1, 0.15) is 47.7 Å². The minimum absolute atomic E-state index is 0.0123. The van der Waals surface area contributed by atoms with Gasteiger partial charge >= 0.3 is 0 Å². The van der Waals surface area contributed by atoms with Crippen LogP contribution in [0.4, 0.5) is 11.4 Å². The van der Waals surface area contributed by atoms with E-state index in [-0.39, 0.29) is 23.8 Å². The summed E-state index contributed by atoms with van der Waals surface area (Å²) in [6.45, 7) is 6.43. The molecule has 0 spiro atoms. The van der Waals surface area contributed by atoms with Crippen molar-refractivity contribution < 1.29 is 14.3 Å². The van der Waals surface area contributed by atoms with Crippen LogP contribution in [0.15, 0.2) is 66.7 Å². The molecule has 3 aromatic rings. The Hall–Kier alpha value is -3.31. The van der Waals surface area contributed by atoms with Crippen LogP contribution in [0, 0.1) is 6.92 Å². The fourth-order valence-corrected chi connectivity index (χ4v) is 4.81. The molecule has 0 aromatic heterocycles. The largest absolute Gasteiger partial charge is 0.497 e. The van der Waals surface area contributed by atoms with Crippen LogP contribution in [0.5, 0.6) is 5.75 Å². The second-order valence-corrected chi connectivity index (χ2v) is 9.02. The van der Waals surface area contributed by atoms with Crippen molar-refractivity contribution in [2.24, 2.45) is 0 Å². The zero-order valence-electron chi connectivity index (χ0n) is 19.9. The predicted molar refractivity (Wildman–Crippen MR) is 137 cm³/mol. The number of nitrogens with zero attached hydrogens (tertiary/aromatic N) is 2. The van der Waals surface area contributed by atoms with Crippen molar-refractivity contribution >= 4 is 34.8 Å². The number of para-hydroxylation sites is 1. The number of carbonyl (C=O) groups is 2. The number of hydrogen-bond acceptors (Lipinski definition) is 3. The molecule has 5 nitrogen and oxygen atoms in total. The Morgan fingerprint density at radius 2 is 1.79 bits per heavy atom. The summed E-state index contributed by atoms with van der Waals surface area (Å²) in [5.74, 6) is 0.265. The number of rotatable bonds is 5. The van der Waals surface area contributed by atoms with Crippen LogP contribution in [0.25, 0.3) is 0 Å². The summed E-state index contributed by atoms with van der Waals surface area (Å²) < 4.78 is 5.22. The van der Waals surface area contributed by atoms with Crippen molar-refractivity contribution in [3.8, 4) is 5.75 Å². The molecule has 4 rings (SSSR count). The second-order valence-electron chi connectivity index (χ2n) is 8.62. The first-order valence-electron chi connectivity index (χ1n) is 11.5. The third-order valence-corrected chi connectivity index (χ3v) is 6.90. The number of anilines is 2. The normalized spacial score (nSPS) is 17.1. The van der Waals surface area contributed by atoms with E-state index in [1.165, 1.54) is 0 Å². The van der Waals surface area contributed by atoms with E-state index in [0.29, 0.717) is 29.3 Å². The van der Waals surface area contributed by atoms with E-state index in [9.17, 15) is 9.59 Å². The van der Waals surface area contributed by atoms with E-state index in [1.54, 1.807) is 41.2 Å². The molecule has 1 aliphatic rings. The maximum Gasteiger partial charge on any atom is 0.258 e.